The van der Waals surface area contributed by atoms with Gasteiger partial charge >= 0.3 is 0 Å². The number of ether oxygens (including phenoxy) is 1. The molecule has 1 aliphatic heterocycles. The molecule has 4 aromatic carbocycles. The second-order valence-corrected chi connectivity index (χ2v) is 15.9. The molecular weight excluding hydrogens is 663 g/mol. The number of allylic oxidation sites excluding steroid dienone is 10. The fourth-order valence-electron chi connectivity index (χ4n) is 10.1. The third kappa shape index (κ3) is 4.76. The summed E-state index contributed by atoms with van der Waals surface area (Å²) >= 11 is 1.97. The Bertz CT molecular complexity index is 2470. The second kappa shape index (κ2) is 12.9. The first-order valence-corrected chi connectivity index (χ1v) is 20.0. The van der Waals surface area contributed by atoms with Gasteiger partial charge < -0.3 is 9.64 Å². The van der Waals surface area contributed by atoms with E-state index in [1.807, 2.05) is 17.4 Å². The van der Waals surface area contributed by atoms with E-state index in [-0.39, 0.29) is 18.1 Å². The first-order chi connectivity index (χ1) is 26.2. The van der Waals surface area contributed by atoms with Gasteiger partial charge in [-0.3, -0.25) is 0 Å². The fourth-order valence-corrected chi connectivity index (χ4v) is 11.4. The number of aryl methyl sites for hydroxylation is 1. The lowest BCUT2D eigenvalue weighted by Gasteiger charge is -2.49. The number of thiophene rings is 1. The smallest absolute Gasteiger partial charge is 0.130 e. The minimum atomic E-state index is -0.583. The average Bonchev–Trinajstić information content (AvgIpc) is 3.88. The molecule has 1 aromatic heterocycles. The molecule has 2 nitrogen and oxygen atoms in total. The monoisotopic (exact) mass is 705 g/mol. The van der Waals surface area contributed by atoms with Crippen LogP contribution in [0.25, 0.3) is 21.7 Å². The highest BCUT2D eigenvalue weighted by Crippen LogP contribution is 2.62. The number of benzene rings is 4. The Labute approximate surface area is 317 Å². The number of para-hydroxylation sites is 1. The summed E-state index contributed by atoms with van der Waals surface area (Å²) in [5, 5.41) is 1.36. The molecule has 5 aromatic rings. The highest BCUT2D eigenvalue weighted by atomic mass is 32.1. The maximum absolute atomic E-state index is 7.33. The Morgan fingerprint density at radius 1 is 0.849 bits per heavy atom. The molecular formula is C50H43NOS. The van der Waals surface area contributed by atoms with Gasteiger partial charge in [0.25, 0.3) is 0 Å². The quantitative estimate of drug-likeness (QED) is 0.163. The van der Waals surface area contributed by atoms with Crippen molar-refractivity contribution >= 4 is 38.8 Å². The predicted molar refractivity (Wildman–Crippen MR) is 224 cm³/mol. The van der Waals surface area contributed by atoms with Crippen LogP contribution in [0.2, 0.25) is 0 Å². The summed E-state index contributed by atoms with van der Waals surface area (Å²) in [6.07, 6.45) is 26.2. The summed E-state index contributed by atoms with van der Waals surface area (Å²) in [5.41, 5.74) is 12.4. The number of hydrogen-bond donors (Lipinski definition) is 0. The van der Waals surface area contributed by atoms with Crippen LogP contribution in [-0.2, 0) is 11.8 Å². The van der Waals surface area contributed by atoms with Crippen molar-refractivity contribution in [3.05, 3.63) is 202 Å². The molecule has 0 saturated heterocycles. The Morgan fingerprint density at radius 2 is 1.68 bits per heavy atom. The van der Waals surface area contributed by atoms with Gasteiger partial charge in [0.1, 0.15) is 11.9 Å². The first kappa shape index (κ1) is 32.3. The van der Waals surface area contributed by atoms with Gasteiger partial charge in [0.05, 0.1) is 17.1 Å². The van der Waals surface area contributed by atoms with Crippen molar-refractivity contribution in [3.63, 3.8) is 0 Å². The van der Waals surface area contributed by atoms with E-state index in [1.54, 1.807) is 0 Å². The third-order valence-corrected chi connectivity index (χ3v) is 13.4. The van der Waals surface area contributed by atoms with Gasteiger partial charge in [0.15, 0.2) is 0 Å². The molecule has 3 heteroatoms. The van der Waals surface area contributed by atoms with Crippen LogP contribution in [0, 0.1) is 0 Å². The van der Waals surface area contributed by atoms with Gasteiger partial charge in [0.2, 0.25) is 0 Å². The summed E-state index contributed by atoms with van der Waals surface area (Å²) < 4.78 is 8.68. The molecule has 260 valence electrons. The predicted octanol–water partition coefficient (Wildman–Crippen LogP) is 12.7. The van der Waals surface area contributed by atoms with E-state index in [0.29, 0.717) is 0 Å². The van der Waals surface area contributed by atoms with Crippen molar-refractivity contribution in [2.75, 3.05) is 4.90 Å². The number of fused-ring (bicyclic) bond motifs is 7. The van der Waals surface area contributed by atoms with Crippen LogP contribution in [0.1, 0.15) is 71.2 Å². The normalized spacial score (nSPS) is 25.3. The van der Waals surface area contributed by atoms with Crippen LogP contribution in [0.15, 0.2) is 169 Å². The zero-order valence-corrected chi connectivity index (χ0v) is 31.0. The summed E-state index contributed by atoms with van der Waals surface area (Å²) in [5.74, 6) is 1.24. The average molecular weight is 706 g/mol. The molecule has 2 heterocycles. The van der Waals surface area contributed by atoms with Crippen molar-refractivity contribution in [1.29, 1.82) is 0 Å². The highest BCUT2D eigenvalue weighted by Gasteiger charge is 2.57. The second-order valence-electron chi connectivity index (χ2n) is 14.8. The Hall–Kier alpha value is -5.38. The summed E-state index contributed by atoms with van der Waals surface area (Å²) in [7, 11) is 0. The van der Waals surface area contributed by atoms with E-state index >= 15 is 0 Å². The standard InChI is InChI=1S/C50H43NOS/c1-3-18-40-35(4-2)36-23-11-14-26-41(36)50(40,33-19-7-5-8-20-33)42-32-31-38-37-24-12-15-28-44(37)52-49(38)48(42)51(34-21-9-6-10-22-34)43-27-17-30-46-47(43)39-25-13-16-29-45(39)53-46/h3-5,7-9,11-15,17-28,30,32,38,48-49H,1,6,10,16,29,31H2,2H3/b35-4-,40-18+. The zero-order chi connectivity index (χ0) is 35.5. The Morgan fingerprint density at radius 3 is 2.53 bits per heavy atom. The van der Waals surface area contributed by atoms with Crippen molar-refractivity contribution < 1.29 is 4.74 Å². The summed E-state index contributed by atoms with van der Waals surface area (Å²) in [6, 6.07) is 35.9. The highest BCUT2D eigenvalue weighted by molar-refractivity contribution is 7.19. The van der Waals surface area contributed by atoms with Gasteiger partial charge in [-0.2, -0.15) is 0 Å². The van der Waals surface area contributed by atoms with Crippen LogP contribution in [-0.4, -0.2) is 12.1 Å². The van der Waals surface area contributed by atoms with Crippen molar-refractivity contribution in [2.24, 2.45) is 0 Å². The zero-order valence-electron chi connectivity index (χ0n) is 30.2. The molecule has 0 bridgehead atoms. The molecule has 0 amide bonds. The Kier molecular flexibility index (Phi) is 7.88. The molecule has 0 fully saturated rings. The topological polar surface area (TPSA) is 12.5 Å². The van der Waals surface area contributed by atoms with Crippen molar-refractivity contribution in [2.45, 2.75) is 62.5 Å². The molecule has 4 aliphatic carbocycles. The van der Waals surface area contributed by atoms with E-state index < -0.39 is 5.41 Å². The number of hydrogen-bond acceptors (Lipinski definition) is 3. The molecule has 0 N–H and O–H groups in total. The van der Waals surface area contributed by atoms with Gasteiger partial charge in [-0.1, -0.05) is 134 Å². The SMILES string of the molecule is C=C/C=C1\C(=C/C)c2ccccc2C1(C1=CCC2c3ccccc3OC2C1N(C1=CCCC=C1)c1cccc2sc3c(c12)C=CCC3)c1ccccc1. The molecule has 4 unspecified atom stereocenters. The van der Waals surface area contributed by atoms with Gasteiger partial charge in [-0.05, 0) is 102 Å². The molecule has 4 atom stereocenters. The number of anilines is 1. The third-order valence-electron chi connectivity index (χ3n) is 12.1. The largest absolute Gasteiger partial charge is 0.487 e. The first-order valence-electron chi connectivity index (χ1n) is 19.2. The lowest BCUT2D eigenvalue weighted by Crippen LogP contribution is -2.54. The fraction of sp³-hybridized carbons (Fsp3) is 0.200. The molecule has 53 heavy (non-hydrogen) atoms. The molecule has 10 rings (SSSR count). The van der Waals surface area contributed by atoms with E-state index in [2.05, 4.69) is 164 Å². The number of nitrogens with zero attached hydrogens (tertiary/aromatic N) is 1. The lowest BCUT2D eigenvalue weighted by molar-refractivity contribution is 0.172. The van der Waals surface area contributed by atoms with E-state index in [4.69, 9.17) is 4.74 Å². The molecule has 0 saturated carbocycles. The van der Waals surface area contributed by atoms with Crippen LogP contribution in [0.3, 0.4) is 0 Å². The van der Waals surface area contributed by atoms with Crippen LogP contribution in [0.5, 0.6) is 5.75 Å². The minimum absolute atomic E-state index is 0.115. The molecule has 0 radical (unpaired) electrons. The van der Waals surface area contributed by atoms with Crippen molar-refractivity contribution in [3.8, 4) is 5.75 Å². The molecule has 5 aliphatic rings. The van der Waals surface area contributed by atoms with Gasteiger partial charge in [-0.25, -0.2) is 0 Å². The van der Waals surface area contributed by atoms with Gasteiger partial charge in [0, 0.05) is 32.1 Å². The maximum Gasteiger partial charge on any atom is 0.130 e. The minimum Gasteiger partial charge on any atom is -0.487 e. The van der Waals surface area contributed by atoms with E-state index in [1.165, 1.54) is 70.9 Å². The van der Waals surface area contributed by atoms with E-state index in [0.717, 1.165) is 37.9 Å². The maximum atomic E-state index is 7.33. The van der Waals surface area contributed by atoms with Crippen molar-refractivity contribution in [1.82, 2.24) is 0 Å². The van der Waals surface area contributed by atoms with Crippen LogP contribution < -0.4 is 9.64 Å². The van der Waals surface area contributed by atoms with E-state index in [9.17, 15) is 0 Å². The Balaban J connectivity index is 1.32. The van der Waals surface area contributed by atoms with Gasteiger partial charge in [-0.15, -0.1) is 11.3 Å². The summed E-state index contributed by atoms with van der Waals surface area (Å²) in [6.45, 7) is 6.48. The lowest BCUT2D eigenvalue weighted by atomic mass is 9.61. The molecule has 0 spiro atoms. The van der Waals surface area contributed by atoms with Crippen LogP contribution >= 0.6 is 11.3 Å². The summed E-state index contributed by atoms with van der Waals surface area (Å²) in [4.78, 5) is 4.19. The number of rotatable bonds is 6. The van der Waals surface area contributed by atoms with Crippen LogP contribution in [0.4, 0.5) is 5.69 Å².